The maximum absolute atomic E-state index is 2.72. The van der Waals surface area contributed by atoms with Crippen molar-refractivity contribution in [2.45, 2.75) is 65.8 Å². The Morgan fingerprint density at radius 3 is 2.50 bits per heavy atom. The molecular formula is C13H27N. The van der Waals surface area contributed by atoms with Gasteiger partial charge in [-0.25, -0.2) is 0 Å². The fourth-order valence-corrected chi connectivity index (χ4v) is 2.64. The van der Waals surface area contributed by atoms with Crippen molar-refractivity contribution in [3.63, 3.8) is 0 Å². The van der Waals surface area contributed by atoms with E-state index in [0.717, 1.165) is 6.04 Å². The van der Waals surface area contributed by atoms with E-state index in [1.165, 1.54) is 45.2 Å². The number of likely N-dealkylation sites (tertiary alicyclic amines) is 1. The van der Waals surface area contributed by atoms with Crippen LogP contribution in [0.15, 0.2) is 0 Å². The summed E-state index contributed by atoms with van der Waals surface area (Å²) in [6, 6.07) is 0.833. The maximum atomic E-state index is 2.72. The van der Waals surface area contributed by atoms with Crippen LogP contribution >= 0.6 is 0 Å². The van der Waals surface area contributed by atoms with E-state index in [-0.39, 0.29) is 0 Å². The van der Waals surface area contributed by atoms with Crippen LogP contribution < -0.4 is 0 Å². The largest absolute Gasteiger partial charge is 0.300 e. The van der Waals surface area contributed by atoms with Gasteiger partial charge in [0.25, 0.3) is 0 Å². The smallest absolute Gasteiger partial charge is 0.0144 e. The quantitative estimate of drug-likeness (QED) is 0.621. The molecule has 0 aromatic rings. The lowest BCUT2D eigenvalue weighted by Gasteiger charge is -2.35. The van der Waals surface area contributed by atoms with Crippen molar-refractivity contribution in [1.29, 1.82) is 0 Å². The Morgan fingerprint density at radius 2 is 1.93 bits per heavy atom. The average Bonchev–Trinajstić information content (AvgIpc) is 2.52. The fourth-order valence-electron chi connectivity index (χ4n) is 2.64. The zero-order chi connectivity index (χ0) is 10.6. The lowest BCUT2D eigenvalue weighted by Crippen LogP contribution is -2.39. The Hall–Kier alpha value is -0.0400. The predicted molar refractivity (Wildman–Crippen MR) is 63.6 cm³/mol. The molecule has 0 aromatic carbocycles. The van der Waals surface area contributed by atoms with Gasteiger partial charge in [0.1, 0.15) is 0 Å². The first-order valence-corrected chi connectivity index (χ1v) is 6.29. The molecule has 0 N–H and O–H groups in total. The second-order valence-electron chi connectivity index (χ2n) is 5.77. The van der Waals surface area contributed by atoms with E-state index in [9.17, 15) is 0 Å². The van der Waals surface area contributed by atoms with Crippen molar-refractivity contribution < 1.29 is 0 Å². The molecule has 0 spiro atoms. The highest BCUT2D eigenvalue weighted by atomic mass is 15.2. The number of hydrogen-bond acceptors (Lipinski definition) is 1. The Balaban J connectivity index is 2.36. The minimum atomic E-state index is 0.475. The van der Waals surface area contributed by atoms with Gasteiger partial charge in [-0.15, -0.1) is 0 Å². The molecule has 0 aliphatic carbocycles. The molecule has 1 heterocycles. The normalized spacial score (nSPS) is 24.4. The van der Waals surface area contributed by atoms with Crippen molar-refractivity contribution >= 4 is 0 Å². The van der Waals surface area contributed by atoms with E-state index < -0.39 is 0 Å². The first kappa shape index (κ1) is 12.0. The van der Waals surface area contributed by atoms with Crippen LogP contribution in [0.25, 0.3) is 0 Å². The van der Waals surface area contributed by atoms with Gasteiger partial charge in [0.05, 0.1) is 0 Å². The fraction of sp³-hybridized carbons (Fsp3) is 1.00. The van der Waals surface area contributed by atoms with Crippen molar-refractivity contribution in [1.82, 2.24) is 4.90 Å². The zero-order valence-corrected chi connectivity index (χ0v) is 10.5. The first-order chi connectivity index (χ1) is 6.55. The third-order valence-corrected chi connectivity index (χ3v) is 3.41. The van der Waals surface area contributed by atoms with Gasteiger partial charge in [0.2, 0.25) is 0 Å². The van der Waals surface area contributed by atoms with Gasteiger partial charge in [-0.1, -0.05) is 40.5 Å². The molecule has 1 heteroatoms. The molecule has 84 valence electrons. The van der Waals surface area contributed by atoms with Crippen LogP contribution in [0.5, 0.6) is 0 Å². The summed E-state index contributed by atoms with van der Waals surface area (Å²) >= 11 is 0. The van der Waals surface area contributed by atoms with Crippen molar-refractivity contribution in [3.05, 3.63) is 0 Å². The third-order valence-electron chi connectivity index (χ3n) is 3.41. The molecule has 1 nitrogen and oxygen atoms in total. The molecule has 1 fully saturated rings. The highest BCUT2D eigenvalue weighted by Gasteiger charge is 2.33. The lowest BCUT2D eigenvalue weighted by atomic mass is 9.85. The van der Waals surface area contributed by atoms with Crippen LogP contribution in [0.4, 0.5) is 0 Å². The summed E-state index contributed by atoms with van der Waals surface area (Å²) < 4.78 is 0. The third kappa shape index (κ3) is 3.27. The topological polar surface area (TPSA) is 3.24 Å². The van der Waals surface area contributed by atoms with Crippen LogP contribution in [-0.2, 0) is 0 Å². The first-order valence-electron chi connectivity index (χ1n) is 6.29. The Labute approximate surface area is 89.9 Å². The second kappa shape index (κ2) is 5.16. The Bertz CT molecular complexity index is 157. The molecule has 0 aromatic heterocycles. The van der Waals surface area contributed by atoms with E-state index in [1.807, 2.05) is 0 Å². The standard InChI is InChI=1S/C13H27N/c1-5-6-7-10-14-11-8-9-12(14)13(2,3)4/h12H,5-11H2,1-4H3/t12-/m0/s1. The summed E-state index contributed by atoms with van der Waals surface area (Å²) in [4.78, 5) is 2.72. The zero-order valence-electron chi connectivity index (χ0n) is 10.5. The summed E-state index contributed by atoms with van der Waals surface area (Å²) in [6.07, 6.45) is 6.95. The van der Waals surface area contributed by atoms with E-state index in [1.54, 1.807) is 0 Å². The highest BCUT2D eigenvalue weighted by molar-refractivity contribution is 4.87. The Morgan fingerprint density at radius 1 is 1.21 bits per heavy atom. The highest BCUT2D eigenvalue weighted by Crippen LogP contribution is 2.32. The SMILES string of the molecule is CCCCCN1CCC[C@H]1C(C)(C)C. The van der Waals surface area contributed by atoms with Gasteiger partial charge in [-0.05, 0) is 37.8 Å². The second-order valence-corrected chi connectivity index (χ2v) is 5.77. The maximum Gasteiger partial charge on any atom is 0.0144 e. The van der Waals surface area contributed by atoms with Crippen molar-refractivity contribution in [2.24, 2.45) is 5.41 Å². The summed E-state index contributed by atoms with van der Waals surface area (Å²) in [5, 5.41) is 0. The summed E-state index contributed by atoms with van der Waals surface area (Å²) in [6.45, 7) is 12.1. The molecule has 0 saturated carbocycles. The minimum absolute atomic E-state index is 0.475. The average molecular weight is 197 g/mol. The molecule has 0 amide bonds. The monoisotopic (exact) mass is 197 g/mol. The molecule has 1 aliphatic heterocycles. The van der Waals surface area contributed by atoms with Crippen LogP contribution in [0.3, 0.4) is 0 Å². The number of hydrogen-bond donors (Lipinski definition) is 0. The molecular weight excluding hydrogens is 170 g/mol. The van der Waals surface area contributed by atoms with Crippen LogP contribution in [0, 0.1) is 5.41 Å². The molecule has 0 unspecified atom stereocenters. The Kier molecular flexibility index (Phi) is 4.43. The molecule has 1 saturated heterocycles. The minimum Gasteiger partial charge on any atom is -0.300 e. The van der Waals surface area contributed by atoms with Crippen molar-refractivity contribution in [2.75, 3.05) is 13.1 Å². The van der Waals surface area contributed by atoms with Crippen LogP contribution in [-0.4, -0.2) is 24.0 Å². The van der Waals surface area contributed by atoms with E-state index in [0.29, 0.717) is 5.41 Å². The number of rotatable bonds is 4. The molecule has 1 aliphatic rings. The number of unbranched alkanes of at least 4 members (excludes halogenated alkanes) is 2. The van der Waals surface area contributed by atoms with E-state index >= 15 is 0 Å². The van der Waals surface area contributed by atoms with Gasteiger partial charge in [-0.3, -0.25) is 4.90 Å². The molecule has 14 heavy (non-hydrogen) atoms. The number of nitrogens with zero attached hydrogens (tertiary/aromatic N) is 1. The summed E-state index contributed by atoms with van der Waals surface area (Å²) in [7, 11) is 0. The van der Waals surface area contributed by atoms with Crippen LogP contribution in [0.2, 0.25) is 0 Å². The van der Waals surface area contributed by atoms with Gasteiger partial charge in [0.15, 0.2) is 0 Å². The molecule has 0 bridgehead atoms. The predicted octanol–water partition coefficient (Wildman–Crippen LogP) is 3.69. The summed E-state index contributed by atoms with van der Waals surface area (Å²) in [5.74, 6) is 0. The van der Waals surface area contributed by atoms with Gasteiger partial charge < -0.3 is 0 Å². The van der Waals surface area contributed by atoms with Crippen LogP contribution in [0.1, 0.15) is 59.8 Å². The van der Waals surface area contributed by atoms with Gasteiger partial charge >= 0.3 is 0 Å². The van der Waals surface area contributed by atoms with E-state index in [2.05, 4.69) is 32.6 Å². The lowest BCUT2D eigenvalue weighted by molar-refractivity contribution is 0.139. The molecule has 1 atom stereocenters. The van der Waals surface area contributed by atoms with Gasteiger partial charge in [-0.2, -0.15) is 0 Å². The van der Waals surface area contributed by atoms with E-state index in [4.69, 9.17) is 0 Å². The summed E-state index contributed by atoms with van der Waals surface area (Å²) in [5.41, 5.74) is 0.475. The molecule has 0 radical (unpaired) electrons. The molecule has 1 rings (SSSR count). The van der Waals surface area contributed by atoms with Gasteiger partial charge in [0, 0.05) is 6.04 Å². The van der Waals surface area contributed by atoms with Crippen molar-refractivity contribution in [3.8, 4) is 0 Å².